The number of Topliss-reactive ketones (excluding diaryl/α,β-unsaturated/α-hetero) is 1. The molecule has 2 nitrogen and oxygen atoms in total. The van der Waals surface area contributed by atoms with Crippen LogP contribution in [0.15, 0.2) is 0 Å². The van der Waals surface area contributed by atoms with Crippen LogP contribution in [0.2, 0.25) is 0 Å². The van der Waals surface area contributed by atoms with Crippen LogP contribution in [-0.4, -0.2) is 18.5 Å². The van der Waals surface area contributed by atoms with Gasteiger partial charge in [0.15, 0.2) is 5.78 Å². The summed E-state index contributed by atoms with van der Waals surface area (Å²) in [6.45, 7) is 10.8. The summed E-state index contributed by atoms with van der Waals surface area (Å²) >= 11 is 0. The fourth-order valence-electron chi connectivity index (χ4n) is 1.29. The average molecular weight is 200 g/mol. The molecular weight excluding hydrogens is 176 g/mol. The molecule has 84 valence electrons. The van der Waals surface area contributed by atoms with Crippen LogP contribution in [0.1, 0.15) is 47.5 Å². The third-order valence-electron chi connectivity index (χ3n) is 2.25. The van der Waals surface area contributed by atoms with Crippen LogP contribution in [-0.2, 0) is 9.53 Å². The molecule has 0 aromatic carbocycles. The van der Waals surface area contributed by atoms with Crippen molar-refractivity contribution in [2.45, 2.75) is 53.6 Å². The van der Waals surface area contributed by atoms with Gasteiger partial charge in [-0.2, -0.15) is 0 Å². The average Bonchev–Trinajstić information content (AvgIpc) is 2.10. The minimum absolute atomic E-state index is 0.0732. The minimum atomic E-state index is -0.207. The lowest BCUT2D eigenvalue weighted by molar-refractivity contribution is -0.136. The molecule has 0 amide bonds. The number of hydrogen-bond donors (Lipinski definition) is 0. The molecule has 0 spiro atoms. The predicted molar refractivity (Wildman–Crippen MR) is 59.3 cm³/mol. The first kappa shape index (κ1) is 13.6. The zero-order valence-corrected chi connectivity index (χ0v) is 10.2. The molecule has 0 rings (SSSR count). The van der Waals surface area contributed by atoms with Crippen LogP contribution < -0.4 is 0 Å². The van der Waals surface area contributed by atoms with E-state index in [-0.39, 0.29) is 23.7 Å². The lowest BCUT2D eigenvalue weighted by Gasteiger charge is -2.21. The van der Waals surface area contributed by atoms with E-state index in [1.165, 1.54) is 0 Å². The molecule has 0 heterocycles. The lowest BCUT2D eigenvalue weighted by Crippen LogP contribution is -2.33. The van der Waals surface area contributed by atoms with Gasteiger partial charge >= 0.3 is 0 Å². The van der Waals surface area contributed by atoms with Crippen molar-refractivity contribution in [3.05, 3.63) is 0 Å². The molecular formula is C12H24O2. The van der Waals surface area contributed by atoms with Crippen LogP contribution in [0.25, 0.3) is 0 Å². The van der Waals surface area contributed by atoms with E-state index in [1.807, 2.05) is 27.7 Å². The van der Waals surface area contributed by atoms with Crippen molar-refractivity contribution in [1.82, 2.24) is 0 Å². The highest BCUT2D eigenvalue weighted by molar-refractivity contribution is 5.85. The van der Waals surface area contributed by atoms with Gasteiger partial charge in [-0.05, 0) is 12.3 Å². The van der Waals surface area contributed by atoms with Crippen molar-refractivity contribution >= 4 is 5.78 Å². The van der Waals surface area contributed by atoms with Crippen LogP contribution >= 0.6 is 0 Å². The van der Waals surface area contributed by atoms with Gasteiger partial charge in [-0.25, -0.2) is 0 Å². The Kier molecular flexibility index (Phi) is 6.81. The Morgan fingerprint density at radius 3 is 2.14 bits per heavy atom. The quantitative estimate of drug-likeness (QED) is 0.590. The fourth-order valence-corrected chi connectivity index (χ4v) is 1.29. The first-order valence-electron chi connectivity index (χ1n) is 5.66. The van der Waals surface area contributed by atoms with E-state index in [1.54, 1.807) is 0 Å². The van der Waals surface area contributed by atoms with Gasteiger partial charge in [0.1, 0.15) is 6.10 Å². The van der Waals surface area contributed by atoms with Crippen LogP contribution in [0.4, 0.5) is 0 Å². The summed E-state index contributed by atoms with van der Waals surface area (Å²) in [6, 6.07) is 0. The van der Waals surface area contributed by atoms with E-state index >= 15 is 0 Å². The Morgan fingerprint density at radius 2 is 1.79 bits per heavy atom. The fraction of sp³-hybridized carbons (Fsp3) is 0.917. The number of ketones is 1. The zero-order valence-electron chi connectivity index (χ0n) is 10.2. The van der Waals surface area contributed by atoms with Crippen molar-refractivity contribution < 1.29 is 9.53 Å². The van der Waals surface area contributed by atoms with Crippen LogP contribution in [0, 0.1) is 11.8 Å². The molecule has 0 aromatic heterocycles. The molecule has 0 unspecified atom stereocenters. The number of hydrogen-bond acceptors (Lipinski definition) is 2. The van der Waals surface area contributed by atoms with Crippen LogP contribution in [0.3, 0.4) is 0 Å². The molecule has 0 radical (unpaired) electrons. The topological polar surface area (TPSA) is 26.3 Å². The number of ether oxygens (including phenoxy) is 1. The van der Waals surface area contributed by atoms with Gasteiger partial charge in [-0.1, -0.05) is 41.0 Å². The third kappa shape index (κ3) is 4.75. The van der Waals surface area contributed by atoms with Gasteiger partial charge < -0.3 is 4.74 Å². The molecule has 0 N–H and O–H groups in total. The maximum atomic E-state index is 11.8. The lowest BCUT2D eigenvalue weighted by atomic mass is 9.95. The number of unbranched alkanes of at least 4 members (excludes halogenated alkanes) is 1. The van der Waals surface area contributed by atoms with Crippen molar-refractivity contribution in [3.63, 3.8) is 0 Å². The first-order chi connectivity index (χ1) is 6.50. The van der Waals surface area contributed by atoms with Crippen molar-refractivity contribution in [2.24, 2.45) is 11.8 Å². The highest BCUT2D eigenvalue weighted by atomic mass is 16.5. The molecule has 14 heavy (non-hydrogen) atoms. The summed E-state index contributed by atoms with van der Waals surface area (Å²) in [6.07, 6.45) is 1.94. The highest BCUT2D eigenvalue weighted by Crippen LogP contribution is 2.13. The van der Waals surface area contributed by atoms with E-state index in [2.05, 4.69) is 6.92 Å². The number of carbonyl (C=O) groups excluding carboxylic acids is 1. The number of carbonyl (C=O) groups is 1. The Hall–Kier alpha value is -0.370. The van der Waals surface area contributed by atoms with Crippen molar-refractivity contribution in [1.29, 1.82) is 0 Å². The molecule has 1 atom stereocenters. The second kappa shape index (κ2) is 6.99. The second-order valence-corrected chi connectivity index (χ2v) is 4.45. The van der Waals surface area contributed by atoms with Crippen molar-refractivity contribution in [2.75, 3.05) is 6.61 Å². The van der Waals surface area contributed by atoms with E-state index in [0.29, 0.717) is 6.61 Å². The summed E-state index contributed by atoms with van der Waals surface area (Å²) in [5.74, 6) is 0.585. The molecule has 0 aliphatic carbocycles. The first-order valence-corrected chi connectivity index (χ1v) is 5.66. The van der Waals surface area contributed by atoms with Gasteiger partial charge in [0.2, 0.25) is 0 Å². The molecule has 2 heteroatoms. The Morgan fingerprint density at radius 1 is 1.21 bits per heavy atom. The molecule has 0 saturated carbocycles. The standard InChI is InChI=1S/C12H24O2/c1-6-7-8-14-12(10(4)5)11(13)9(2)3/h9-10,12H,6-8H2,1-5H3/t12-/m0/s1. The van der Waals surface area contributed by atoms with E-state index in [0.717, 1.165) is 12.8 Å². The molecule has 0 aliphatic heterocycles. The van der Waals surface area contributed by atoms with Gasteiger partial charge in [0.05, 0.1) is 0 Å². The smallest absolute Gasteiger partial charge is 0.164 e. The van der Waals surface area contributed by atoms with E-state index in [4.69, 9.17) is 4.74 Å². The summed E-state index contributed by atoms with van der Waals surface area (Å²) in [4.78, 5) is 11.8. The number of rotatable bonds is 7. The highest BCUT2D eigenvalue weighted by Gasteiger charge is 2.24. The Labute approximate surface area is 88.0 Å². The largest absolute Gasteiger partial charge is 0.370 e. The predicted octanol–water partition coefficient (Wildman–Crippen LogP) is 3.05. The van der Waals surface area contributed by atoms with Gasteiger partial charge in [-0.15, -0.1) is 0 Å². The normalized spacial score (nSPS) is 13.6. The second-order valence-electron chi connectivity index (χ2n) is 4.45. The molecule has 0 aliphatic rings. The Bertz CT molecular complexity index is 162. The maximum absolute atomic E-state index is 11.8. The van der Waals surface area contributed by atoms with Gasteiger partial charge in [0, 0.05) is 12.5 Å². The van der Waals surface area contributed by atoms with Gasteiger partial charge in [-0.3, -0.25) is 4.79 Å². The monoisotopic (exact) mass is 200 g/mol. The Balaban J connectivity index is 4.09. The summed E-state index contributed by atoms with van der Waals surface area (Å²) < 4.78 is 5.62. The van der Waals surface area contributed by atoms with Gasteiger partial charge in [0.25, 0.3) is 0 Å². The maximum Gasteiger partial charge on any atom is 0.164 e. The molecule has 0 aromatic rings. The third-order valence-corrected chi connectivity index (χ3v) is 2.25. The van der Waals surface area contributed by atoms with Crippen molar-refractivity contribution in [3.8, 4) is 0 Å². The van der Waals surface area contributed by atoms with E-state index < -0.39 is 0 Å². The molecule has 0 fully saturated rings. The zero-order chi connectivity index (χ0) is 11.1. The molecule has 0 bridgehead atoms. The molecule has 0 saturated heterocycles. The SMILES string of the molecule is CCCCO[C@H](C(=O)C(C)C)C(C)C. The minimum Gasteiger partial charge on any atom is -0.370 e. The summed E-state index contributed by atoms with van der Waals surface area (Å²) in [5.41, 5.74) is 0. The summed E-state index contributed by atoms with van der Waals surface area (Å²) in [7, 11) is 0. The summed E-state index contributed by atoms with van der Waals surface area (Å²) in [5, 5.41) is 0. The van der Waals surface area contributed by atoms with E-state index in [9.17, 15) is 4.79 Å². The van der Waals surface area contributed by atoms with Crippen LogP contribution in [0.5, 0.6) is 0 Å².